The maximum absolute atomic E-state index is 12.7. The van der Waals surface area contributed by atoms with Gasteiger partial charge in [-0.05, 0) is 82.5 Å². The van der Waals surface area contributed by atoms with Crippen LogP contribution in [0.15, 0.2) is 55.1 Å². The number of nitrogens with one attached hydrogen (secondary N) is 1. The van der Waals surface area contributed by atoms with Crippen molar-refractivity contribution in [2.75, 3.05) is 25.0 Å². The van der Waals surface area contributed by atoms with E-state index in [9.17, 15) is 4.79 Å². The van der Waals surface area contributed by atoms with Gasteiger partial charge in [-0.2, -0.15) is 5.10 Å². The lowest BCUT2D eigenvalue weighted by molar-refractivity contribution is -0.115. The van der Waals surface area contributed by atoms with Crippen LogP contribution in [0.4, 0.5) is 5.69 Å². The van der Waals surface area contributed by atoms with Crippen LogP contribution < -0.4 is 14.8 Å². The van der Waals surface area contributed by atoms with E-state index in [1.54, 1.807) is 6.20 Å². The van der Waals surface area contributed by atoms with Gasteiger partial charge in [0.2, 0.25) is 11.8 Å². The lowest BCUT2D eigenvalue weighted by Crippen LogP contribution is -2.37. The molecule has 0 saturated carbocycles. The molecule has 0 bridgehead atoms. The van der Waals surface area contributed by atoms with Crippen LogP contribution in [-0.4, -0.2) is 56.3 Å². The molecule has 0 spiro atoms. The van der Waals surface area contributed by atoms with Gasteiger partial charge in [0.1, 0.15) is 23.9 Å². The monoisotopic (exact) mass is 542 g/mol. The van der Waals surface area contributed by atoms with Crippen LogP contribution in [-0.2, 0) is 16.8 Å². The summed E-state index contributed by atoms with van der Waals surface area (Å²) in [6.07, 6.45) is 7.51. The van der Waals surface area contributed by atoms with Gasteiger partial charge in [0.15, 0.2) is 0 Å². The number of carbonyl (C=O) groups is 1. The third-order valence-electron chi connectivity index (χ3n) is 7.22. The number of rotatable bonds is 8. The van der Waals surface area contributed by atoms with Crippen molar-refractivity contribution in [2.24, 2.45) is 0 Å². The number of aromatic nitrogens is 4. The van der Waals surface area contributed by atoms with Crippen molar-refractivity contribution in [1.29, 1.82) is 0 Å². The van der Waals surface area contributed by atoms with Crippen molar-refractivity contribution in [3.05, 3.63) is 66.2 Å². The Kier molecular flexibility index (Phi) is 8.02. The highest BCUT2D eigenvalue weighted by atomic mass is 16.5. The summed E-state index contributed by atoms with van der Waals surface area (Å²) < 4.78 is 14.4. The molecule has 40 heavy (non-hydrogen) atoms. The lowest BCUT2D eigenvalue weighted by Gasteiger charge is -2.31. The van der Waals surface area contributed by atoms with Crippen molar-refractivity contribution in [3.8, 4) is 17.4 Å². The molecule has 1 aliphatic heterocycles. The summed E-state index contributed by atoms with van der Waals surface area (Å²) in [5.74, 6) is 1.85. The first kappa shape index (κ1) is 27.6. The van der Waals surface area contributed by atoms with E-state index in [2.05, 4.69) is 53.0 Å². The first-order chi connectivity index (χ1) is 19.2. The van der Waals surface area contributed by atoms with Crippen molar-refractivity contribution >= 4 is 22.5 Å². The minimum Gasteiger partial charge on any atom is -0.490 e. The fraction of sp³-hybridized carbons (Fsp3) is 0.419. The molecule has 2 aromatic heterocycles. The molecule has 9 heteroatoms. The maximum Gasteiger partial charge on any atom is 0.230 e. The summed E-state index contributed by atoms with van der Waals surface area (Å²) in [6, 6.07) is 11.6. The Morgan fingerprint density at radius 3 is 2.60 bits per heavy atom. The first-order valence-corrected chi connectivity index (χ1v) is 13.9. The van der Waals surface area contributed by atoms with Gasteiger partial charge in [-0.3, -0.25) is 9.48 Å². The lowest BCUT2D eigenvalue weighted by atomic mass is 10.1. The third kappa shape index (κ3) is 6.59. The van der Waals surface area contributed by atoms with Gasteiger partial charge in [0.25, 0.3) is 0 Å². The van der Waals surface area contributed by atoms with E-state index in [0.29, 0.717) is 17.3 Å². The number of carbonyl (C=O) groups excluding carboxylic acids is 1. The van der Waals surface area contributed by atoms with Crippen molar-refractivity contribution in [1.82, 2.24) is 24.6 Å². The molecule has 1 N–H and O–H groups in total. The fourth-order valence-electron chi connectivity index (χ4n) is 4.89. The Hall–Kier alpha value is -3.98. The quantitative estimate of drug-likeness (QED) is 0.304. The zero-order chi connectivity index (χ0) is 28.3. The zero-order valence-electron chi connectivity index (χ0n) is 24.0. The first-order valence-electron chi connectivity index (χ1n) is 13.9. The number of piperidine rings is 1. The highest BCUT2D eigenvalue weighted by Crippen LogP contribution is 2.32. The molecule has 0 radical (unpaired) electrons. The van der Waals surface area contributed by atoms with Crippen LogP contribution in [0, 0.1) is 6.92 Å². The average molecular weight is 543 g/mol. The average Bonchev–Trinajstić information content (AvgIpc) is 3.40. The Morgan fingerprint density at radius 1 is 1.10 bits per heavy atom. The SMILES string of the molecule is CCN1CCC(Oc2ccc3ncnc(Oc4ccc(CC(=O)Nc5cnn(C(C)(C)C)c5)cc4C)c3c2)CC1. The molecule has 5 rings (SSSR count). The van der Waals surface area contributed by atoms with E-state index in [0.717, 1.165) is 60.3 Å². The molecular weight excluding hydrogens is 504 g/mol. The molecular formula is C31H38N6O3. The maximum atomic E-state index is 12.7. The normalized spacial score (nSPS) is 14.8. The number of anilines is 1. The van der Waals surface area contributed by atoms with Gasteiger partial charge in [-0.25, -0.2) is 9.97 Å². The van der Waals surface area contributed by atoms with Gasteiger partial charge in [0.05, 0.1) is 34.7 Å². The molecule has 4 aromatic rings. The summed E-state index contributed by atoms with van der Waals surface area (Å²) in [5.41, 5.74) is 3.13. The van der Waals surface area contributed by atoms with Crippen molar-refractivity contribution in [2.45, 2.75) is 65.5 Å². The van der Waals surface area contributed by atoms with Gasteiger partial charge in [-0.1, -0.05) is 19.1 Å². The smallest absolute Gasteiger partial charge is 0.230 e. The molecule has 1 aliphatic rings. The number of benzene rings is 2. The standard InChI is InChI=1S/C31H38N6O3/c1-6-36-13-11-24(12-14-36)39-25-8-9-27-26(17-25)30(33-20-32-27)40-28-10-7-22(15-21(28)2)16-29(38)35-23-18-34-37(19-23)31(3,4)5/h7-10,15,17-20,24H,6,11-14,16H2,1-5H3,(H,35,38). The molecule has 9 nitrogen and oxygen atoms in total. The second-order valence-electron chi connectivity index (χ2n) is 11.4. The van der Waals surface area contributed by atoms with Crippen LogP contribution in [0.3, 0.4) is 0 Å². The Morgan fingerprint density at radius 2 is 1.90 bits per heavy atom. The number of nitrogens with zero attached hydrogens (tertiary/aromatic N) is 5. The molecule has 1 saturated heterocycles. The number of aryl methyl sites for hydroxylation is 1. The van der Waals surface area contributed by atoms with E-state index in [1.807, 2.05) is 54.2 Å². The minimum atomic E-state index is -0.147. The molecule has 1 amide bonds. The fourth-order valence-corrected chi connectivity index (χ4v) is 4.89. The van der Waals surface area contributed by atoms with E-state index >= 15 is 0 Å². The summed E-state index contributed by atoms with van der Waals surface area (Å²) in [4.78, 5) is 23.9. The van der Waals surface area contributed by atoms with Crippen LogP contribution in [0.25, 0.3) is 10.9 Å². The molecule has 1 fully saturated rings. The van der Waals surface area contributed by atoms with E-state index in [4.69, 9.17) is 9.47 Å². The molecule has 0 unspecified atom stereocenters. The van der Waals surface area contributed by atoms with Crippen LogP contribution in [0.2, 0.25) is 0 Å². The number of amides is 1. The van der Waals surface area contributed by atoms with Gasteiger partial charge in [0, 0.05) is 19.3 Å². The van der Waals surface area contributed by atoms with Crippen molar-refractivity contribution in [3.63, 3.8) is 0 Å². The number of hydrogen-bond donors (Lipinski definition) is 1. The number of likely N-dealkylation sites (tertiary alicyclic amines) is 1. The Balaban J connectivity index is 1.25. The zero-order valence-corrected chi connectivity index (χ0v) is 24.0. The van der Waals surface area contributed by atoms with Gasteiger partial charge < -0.3 is 19.7 Å². The number of ether oxygens (including phenoxy) is 2. The van der Waals surface area contributed by atoms with Gasteiger partial charge >= 0.3 is 0 Å². The van der Waals surface area contributed by atoms with Crippen LogP contribution in [0.1, 0.15) is 51.7 Å². The third-order valence-corrected chi connectivity index (χ3v) is 7.22. The van der Waals surface area contributed by atoms with Gasteiger partial charge in [-0.15, -0.1) is 0 Å². The number of hydrogen-bond acceptors (Lipinski definition) is 7. The number of fused-ring (bicyclic) bond motifs is 1. The molecule has 210 valence electrons. The topological polar surface area (TPSA) is 94.4 Å². The summed E-state index contributed by atoms with van der Waals surface area (Å²) in [7, 11) is 0. The summed E-state index contributed by atoms with van der Waals surface area (Å²) in [6.45, 7) is 13.5. The summed E-state index contributed by atoms with van der Waals surface area (Å²) in [5, 5.41) is 8.07. The Labute approximate surface area is 235 Å². The highest BCUT2D eigenvalue weighted by molar-refractivity contribution is 5.92. The molecule has 3 heterocycles. The highest BCUT2D eigenvalue weighted by Gasteiger charge is 2.20. The minimum absolute atomic E-state index is 0.101. The van der Waals surface area contributed by atoms with Crippen LogP contribution in [0.5, 0.6) is 17.4 Å². The largest absolute Gasteiger partial charge is 0.490 e. The van der Waals surface area contributed by atoms with Crippen LogP contribution >= 0.6 is 0 Å². The van der Waals surface area contributed by atoms with Crippen molar-refractivity contribution < 1.29 is 14.3 Å². The van der Waals surface area contributed by atoms with E-state index in [-0.39, 0.29) is 24.0 Å². The second-order valence-corrected chi connectivity index (χ2v) is 11.4. The second kappa shape index (κ2) is 11.6. The predicted octanol–water partition coefficient (Wildman–Crippen LogP) is 5.73. The molecule has 0 aliphatic carbocycles. The van der Waals surface area contributed by atoms with E-state index < -0.39 is 0 Å². The summed E-state index contributed by atoms with van der Waals surface area (Å²) >= 11 is 0. The van der Waals surface area contributed by atoms with E-state index in [1.165, 1.54) is 6.33 Å². The predicted molar refractivity (Wildman–Crippen MR) is 156 cm³/mol. The molecule has 2 aromatic carbocycles. The molecule has 0 atom stereocenters. The Bertz CT molecular complexity index is 1480.